The van der Waals surface area contributed by atoms with E-state index in [0.717, 1.165) is 29.9 Å². The second-order valence-corrected chi connectivity index (χ2v) is 5.64. The first-order valence-corrected chi connectivity index (χ1v) is 7.49. The van der Waals surface area contributed by atoms with Crippen molar-refractivity contribution in [3.05, 3.63) is 47.0 Å². The number of rotatable bonds is 2. The zero-order chi connectivity index (χ0) is 14.8. The molecule has 2 heterocycles. The van der Waals surface area contributed by atoms with Crippen LogP contribution in [0.2, 0.25) is 0 Å². The summed E-state index contributed by atoms with van der Waals surface area (Å²) in [6, 6.07) is 6.70. The monoisotopic (exact) mass is 285 g/mol. The third kappa shape index (κ3) is 2.95. The standard InChI is InChI=1S/C17H20FN3/c1-11-16(15-5-3-4-10-19-15)12(2)21-17(20-11)13-6-8-14(18)9-7-13/h6-9,15,19H,3-5,10H2,1-2H3. The molecule has 0 aliphatic carbocycles. The quantitative estimate of drug-likeness (QED) is 0.914. The van der Waals surface area contributed by atoms with E-state index in [1.54, 1.807) is 12.1 Å². The summed E-state index contributed by atoms with van der Waals surface area (Å²) >= 11 is 0. The lowest BCUT2D eigenvalue weighted by Crippen LogP contribution is -2.28. The number of benzene rings is 1. The van der Waals surface area contributed by atoms with Gasteiger partial charge in [-0.15, -0.1) is 0 Å². The Hall–Kier alpha value is -1.81. The molecule has 1 aliphatic rings. The lowest BCUT2D eigenvalue weighted by atomic mass is 9.95. The highest BCUT2D eigenvalue weighted by molar-refractivity contribution is 5.55. The van der Waals surface area contributed by atoms with Crippen molar-refractivity contribution in [1.29, 1.82) is 0 Å². The molecule has 1 saturated heterocycles. The maximum absolute atomic E-state index is 13.0. The van der Waals surface area contributed by atoms with Gasteiger partial charge in [-0.1, -0.05) is 6.42 Å². The number of aromatic nitrogens is 2. The van der Waals surface area contributed by atoms with Gasteiger partial charge in [0.1, 0.15) is 5.82 Å². The van der Waals surface area contributed by atoms with E-state index >= 15 is 0 Å². The Morgan fingerprint density at radius 2 is 1.71 bits per heavy atom. The fourth-order valence-corrected chi connectivity index (χ4v) is 3.06. The highest BCUT2D eigenvalue weighted by Gasteiger charge is 2.21. The molecule has 0 amide bonds. The first-order chi connectivity index (χ1) is 10.1. The van der Waals surface area contributed by atoms with E-state index in [-0.39, 0.29) is 5.82 Å². The second kappa shape index (κ2) is 5.90. The first-order valence-electron chi connectivity index (χ1n) is 7.49. The zero-order valence-electron chi connectivity index (χ0n) is 12.5. The zero-order valence-corrected chi connectivity index (χ0v) is 12.5. The molecule has 0 radical (unpaired) electrons. The van der Waals surface area contributed by atoms with Gasteiger partial charge in [-0.25, -0.2) is 14.4 Å². The van der Waals surface area contributed by atoms with Crippen molar-refractivity contribution in [2.75, 3.05) is 6.54 Å². The highest BCUT2D eigenvalue weighted by Crippen LogP contribution is 2.28. The third-order valence-electron chi connectivity index (χ3n) is 4.09. The van der Waals surface area contributed by atoms with Gasteiger partial charge in [-0.2, -0.15) is 0 Å². The molecule has 0 bridgehead atoms. The maximum Gasteiger partial charge on any atom is 0.159 e. The molecule has 110 valence electrons. The van der Waals surface area contributed by atoms with Crippen LogP contribution in [0.4, 0.5) is 4.39 Å². The lowest BCUT2D eigenvalue weighted by Gasteiger charge is -2.26. The molecule has 21 heavy (non-hydrogen) atoms. The molecule has 3 rings (SSSR count). The van der Waals surface area contributed by atoms with E-state index < -0.39 is 0 Å². The summed E-state index contributed by atoms with van der Waals surface area (Å²) in [6.07, 6.45) is 3.63. The van der Waals surface area contributed by atoms with Gasteiger partial charge < -0.3 is 5.32 Å². The summed E-state index contributed by atoms with van der Waals surface area (Å²) < 4.78 is 13.0. The Labute approximate surface area is 124 Å². The minimum atomic E-state index is -0.241. The Morgan fingerprint density at radius 3 is 2.29 bits per heavy atom. The van der Waals surface area contributed by atoms with Gasteiger partial charge in [0.15, 0.2) is 5.82 Å². The van der Waals surface area contributed by atoms with Crippen LogP contribution in [-0.2, 0) is 0 Å². The molecule has 1 aliphatic heterocycles. The van der Waals surface area contributed by atoms with Crippen LogP contribution >= 0.6 is 0 Å². The average Bonchev–Trinajstić information content (AvgIpc) is 2.48. The SMILES string of the molecule is Cc1nc(-c2ccc(F)cc2)nc(C)c1C1CCCCN1. The topological polar surface area (TPSA) is 37.8 Å². The van der Waals surface area contributed by atoms with E-state index in [2.05, 4.69) is 15.3 Å². The van der Waals surface area contributed by atoms with Crippen molar-refractivity contribution in [2.24, 2.45) is 0 Å². The average molecular weight is 285 g/mol. The largest absolute Gasteiger partial charge is 0.310 e. The van der Waals surface area contributed by atoms with Crippen LogP contribution in [0.3, 0.4) is 0 Å². The van der Waals surface area contributed by atoms with Gasteiger partial charge in [0.2, 0.25) is 0 Å². The summed E-state index contributed by atoms with van der Waals surface area (Å²) in [6.45, 7) is 5.13. The molecular formula is C17H20FN3. The number of halogens is 1. The molecule has 1 aromatic carbocycles. The van der Waals surface area contributed by atoms with E-state index in [4.69, 9.17) is 0 Å². The number of nitrogens with one attached hydrogen (secondary N) is 1. The number of aryl methyl sites for hydroxylation is 2. The number of hydrogen-bond donors (Lipinski definition) is 1. The molecule has 2 aromatic rings. The van der Waals surface area contributed by atoms with Crippen molar-refractivity contribution < 1.29 is 4.39 Å². The third-order valence-corrected chi connectivity index (χ3v) is 4.09. The molecule has 3 nitrogen and oxygen atoms in total. The predicted octanol–water partition coefficient (Wildman–Crippen LogP) is 3.71. The fourth-order valence-electron chi connectivity index (χ4n) is 3.06. The normalized spacial score (nSPS) is 18.7. The van der Waals surface area contributed by atoms with Crippen LogP contribution in [0, 0.1) is 19.7 Å². The minimum absolute atomic E-state index is 0.241. The highest BCUT2D eigenvalue weighted by atomic mass is 19.1. The maximum atomic E-state index is 13.0. The molecule has 0 spiro atoms. The van der Waals surface area contributed by atoms with Gasteiger partial charge in [0.25, 0.3) is 0 Å². The van der Waals surface area contributed by atoms with E-state index in [1.165, 1.54) is 30.5 Å². The Kier molecular flexibility index (Phi) is 3.97. The van der Waals surface area contributed by atoms with Crippen LogP contribution in [0.1, 0.15) is 42.3 Å². The lowest BCUT2D eigenvalue weighted by molar-refractivity contribution is 0.408. The molecule has 1 N–H and O–H groups in total. The van der Waals surface area contributed by atoms with E-state index in [0.29, 0.717) is 11.9 Å². The Bertz CT molecular complexity index is 608. The van der Waals surface area contributed by atoms with Crippen LogP contribution in [0.15, 0.2) is 24.3 Å². The first kappa shape index (κ1) is 14.1. The van der Waals surface area contributed by atoms with Crippen LogP contribution in [0.25, 0.3) is 11.4 Å². The van der Waals surface area contributed by atoms with Crippen LogP contribution in [0.5, 0.6) is 0 Å². The van der Waals surface area contributed by atoms with Crippen LogP contribution < -0.4 is 5.32 Å². The Balaban J connectivity index is 1.97. The van der Waals surface area contributed by atoms with Crippen molar-refractivity contribution in [3.63, 3.8) is 0 Å². The van der Waals surface area contributed by atoms with Crippen molar-refractivity contribution in [3.8, 4) is 11.4 Å². The van der Waals surface area contributed by atoms with E-state index in [9.17, 15) is 4.39 Å². The van der Waals surface area contributed by atoms with Gasteiger partial charge in [0, 0.05) is 28.6 Å². The molecule has 1 atom stereocenters. The smallest absolute Gasteiger partial charge is 0.159 e. The molecule has 1 fully saturated rings. The van der Waals surface area contributed by atoms with Crippen molar-refractivity contribution in [2.45, 2.75) is 39.2 Å². The summed E-state index contributed by atoms with van der Waals surface area (Å²) in [4.78, 5) is 9.27. The fraction of sp³-hybridized carbons (Fsp3) is 0.412. The predicted molar refractivity (Wildman–Crippen MR) is 81.5 cm³/mol. The number of piperidine rings is 1. The number of hydrogen-bond acceptors (Lipinski definition) is 3. The summed E-state index contributed by atoms with van der Waals surface area (Å²) in [5, 5.41) is 3.55. The van der Waals surface area contributed by atoms with Gasteiger partial charge in [-0.05, 0) is 57.5 Å². The molecule has 4 heteroatoms. The van der Waals surface area contributed by atoms with Crippen molar-refractivity contribution in [1.82, 2.24) is 15.3 Å². The molecule has 1 aromatic heterocycles. The minimum Gasteiger partial charge on any atom is -0.310 e. The van der Waals surface area contributed by atoms with Gasteiger partial charge in [0.05, 0.1) is 0 Å². The van der Waals surface area contributed by atoms with Gasteiger partial charge >= 0.3 is 0 Å². The summed E-state index contributed by atoms with van der Waals surface area (Å²) in [5.41, 5.74) is 4.11. The second-order valence-electron chi connectivity index (χ2n) is 5.64. The van der Waals surface area contributed by atoms with Crippen molar-refractivity contribution >= 4 is 0 Å². The van der Waals surface area contributed by atoms with E-state index in [1.807, 2.05) is 13.8 Å². The Morgan fingerprint density at radius 1 is 1.05 bits per heavy atom. The molecular weight excluding hydrogens is 265 g/mol. The summed E-state index contributed by atoms with van der Waals surface area (Å²) in [7, 11) is 0. The molecule has 0 saturated carbocycles. The van der Waals surface area contributed by atoms with Crippen LogP contribution in [-0.4, -0.2) is 16.5 Å². The molecule has 1 unspecified atom stereocenters. The summed E-state index contributed by atoms with van der Waals surface area (Å²) in [5.74, 6) is 0.430. The van der Waals surface area contributed by atoms with Gasteiger partial charge in [-0.3, -0.25) is 0 Å². The number of nitrogens with zero attached hydrogens (tertiary/aromatic N) is 2.